The minimum absolute atomic E-state index is 0.0879. The van der Waals surface area contributed by atoms with Gasteiger partial charge in [0.15, 0.2) is 0 Å². The summed E-state index contributed by atoms with van der Waals surface area (Å²) < 4.78 is 11.6. The van der Waals surface area contributed by atoms with Crippen molar-refractivity contribution in [3.8, 4) is 0 Å². The SMILES string of the molecule is CC(=O)NCCC1OCCN(C(=O)OC(C)(C)C)CC1c1ccc(Cl)c(Cl)c1. The van der Waals surface area contributed by atoms with E-state index in [-0.39, 0.29) is 24.0 Å². The number of carbonyl (C=O) groups is 2. The Morgan fingerprint density at radius 1 is 1.29 bits per heavy atom. The minimum atomic E-state index is -0.575. The summed E-state index contributed by atoms with van der Waals surface area (Å²) >= 11 is 12.3. The first-order valence-corrected chi connectivity index (χ1v) is 10.1. The molecule has 1 aromatic carbocycles. The highest BCUT2D eigenvalue weighted by molar-refractivity contribution is 6.42. The molecule has 6 nitrogen and oxygen atoms in total. The Morgan fingerprint density at radius 3 is 2.61 bits per heavy atom. The van der Waals surface area contributed by atoms with E-state index in [0.717, 1.165) is 5.56 Å². The molecule has 0 saturated carbocycles. The third kappa shape index (κ3) is 6.83. The van der Waals surface area contributed by atoms with E-state index in [1.165, 1.54) is 6.92 Å². The standard InChI is InChI=1S/C20H28Cl2N2O4/c1-13(25)23-8-7-18-15(14-5-6-16(21)17(22)11-14)12-24(9-10-27-18)19(26)28-20(2,3)4/h5-6,11,15,18H,7-10,12H2,1-4H3,(H,23,25). The van der Waals surface area contributed by atoms with Crippen LogP contribution in [0, 0.1) is 0 Å². The second-order valence-electron chi connectivity index (χ2n) is 7.89. The maximum absolute atomic E-state index is 12.6. The number of nitrogens with zero attached hydrogens (tertiary/aromatic N) is 1. The number of amides is 2. The van der Waals surface area contributed by atoms with Gasteiger partial charge in [0.1, 0.15) is 5.60 Å². The van der Waals surface area contributed by atoms with E-state index in [4.69, 9.17) is 32.7 Å². The van der Waals surface area contributed by atoms with Gasteiger partial charge >= 0.3 is 6.09 Å². The van der Waals surface area contributed by atoms with Crippen molar-refractivity contribution in [2.75, 3.05) is 26.2 Å². The lowest BCUT2D eigenvalue weighted by Gasteiger charge is -2.30. The van der Waals surface area contributed by atoms with Gasteiger partial charge in [0.2, 0.25) is 5.91 Å². The summed E-state index contributed by atoms with van der Waals surface area (Å²) in [7, 11) is 0. The Morgan fingerprint density at radius 2 is 2.00 bits per heavy atom. The molecule has 0 bridgehead atoms. The highest BCUT2D eigenvalue weighted by atomic mass is 35.5. The van der Waals surface area contributed by atoms with Gasteiger partial charge in [-0.25, -0.2) is 4.79 Å². The van der Waals surface area contributed by atoms with Crippen molar-refractivity contribution in [1.29, 1.82) is 0 Å². The van der Waals surface area contributed by atoms with E-state index in [2.05, 4.69) is 5.32 Å². The van der Waals surface area contributed by atoms with E-state index >= 15 is 0 Å². The lowest BCUT2D eigenvalue weighted by atomic mass is 9.91. The summed E-state index contributed by atoms with van der Waals surface area (Å²) in [5.41, 5.74) is 0.353. The van der Waals surface area contributed by atoms with Crippen LogP contribution in [0.1, 0.15) is 45.6 Å². The second kappa shape index (κ2) is 9.81. The molecule has 2 atom stereocenters. The molecule has 2 rings (SSSR count). The lowest BCUT2D eigenvalue weighted by molar-refractivity contribution is -0.119. The molecule has 1 aromatic rings. The normalized spacial score (nSPS) is 20.4. The number of rotatable bonds is 4. The van der Waals surface area contributed by atoms with Crippen molar-refractivity contribution in [1.82, 2.24) is 10.2 Å². The molecule has 1 heterocycles. The van der Waals surface area contributed by atoms with Gasteiger partial charge in [-0.1, -0.05) is 29.3 Å². The van der Waals surface area contributed by atoms with Crippen molar-refractivity contribution >= 4 is 35.2 Å². The van der Waals surface area contributed by atoms with Crippen LogP contribution in [0.15, 0.2) is 18.2 Å². The zero-order valence-electron chi connectivity index (χ0n) is 16.8. The van der Waals surface area contributed by atoms with E-state index in [1.54, 1.807) is 11.0 Å². The van der Waals surface area contributed by atoms with Crippen LogP contribution in [0.2, 0.25) is 10.0 Å². The number of benzene rings is 1. The first-order valence-electron chi connectivity index (χ1n) is 9.35. The molecule has 8 heteroatoms. The Hall–Kier alpha value is -1.50. The highest BCUT2D eigenvalue weighted by Crippen LogP contribution is 2.32. The van der Waals surface area contributed by atoms with Gasteiger partial charge in [0, 0.05) is 32.5 Å². The quantitative estimate of drug-likeness (QED) is 0.775. The summed E-state index contributed by atoms with van der Waals surface area (Å²) in [5, 5.41) is 3.72. The van der Waals surface area contributed by atoms with Crippen molar-refractivity contribution in [2.45, 2.75) is 51.7 Å². The molecule has 0 radical (unpaired) electrons. The van der Waals surface area contributed by atoms with Gasteiger partial charge in [-0.2, -0.15) is 0 Å². The molecule has 1 aliphatic rings. The third-order valence-electron chi connectivity index (χ3n) is 4.39. The third-order valence-corrected chi connectivity index (χ3v) is 5.12. The van der Waals surface area contributed by atoms with E-state index in [0.29, 0.717) is 42.7 Å². The fourth-order valence-electron chi connectivity index (χ4n) is 3.11. The molecule has 1 aliphatic heterocycles. The molecule has 0 spiro atoms. The maximum atomic E-state index is 12.6. The zero-order chi connectivity index (χ0) is 20.9. The molecular formula is C20H28Cl2N2O4. The molecule has 1 saturated heterocycles. The van der Waals surface area contributed by atoms with Gasteiger partial charge in [0.05, 0.1) is 22.8 Å². The lowest BCUT2D eigenvalue weighted by Crippen LogP contribution is -2.40. The van der Waals surface area contributed by atoms with E-state index in [9.17, 15) is 9.59 Å². The van der Waals surface area contributed by atoms with Crippen LogP contribution in [0.4, 0.5) is 4.79 Å². The number of carbonyl (C=O) groups excluding carboxylic acids is 2. The van der Waals surface area contributed by atoms with Gasteiger partial charge in [-0.05, 0) is 44.9 Å². The molecule has 28 heavy (non-hydrogen) atoms. The molecule has 1 fully saturated rings. The largest absolute Gasteiger partial charge is 0.444 e. The average Bonchev–Trinajstić information content (AvgIpc) is 2.78. The summed E-state index contributed by atoms with van der Waals surface area (Å²) in [6.07, 6.45) is 0.0623. The van der Waals surface area contributed by atoms with Crippen LogP contribution in [-0.4, -0.2) is 54.8 Å². The number of ether oxygens (including phenoxy) is 2. The van der Waals surface area contributed by atoms with E-state index < -0.39 is 5.60 Å². The maximum Gasteiger partial charge on any atom is 0.410 e. The van der Waals surface area contributed by atoms with Gasteiger partial charge in [-0.15, -0.1) is 0 Å². The number of hydrogen-bond acceptors (Lipinski definition) is 4. The highest BCUT2D eigenvalue weighted by Gasteiger charge is 2.33. The van der Waals surface area contributed by atoms with Crippen molar-refractivity contribution in [3.63, 3.8) is 0 Å². The van der Waals surface area contributed by atoms with Gasteiger partial charge < -0.3 is 19.7 Å². The minimum Gasteiger partial charge on any atom is -0.444 e. The molecular weight excluding hydrogens is 403 g/mol. The Kier molecular flexibility index (Phi) is 7.98. The predicted octanol–water partition coefficient (Wildman–Crippen LogP) is 4.24. The summed E-state index contributed by atoms with van der Waals surface area (Å²) in [5.74, 6) is -0.214. The number of nitrogens with one attached hydrogen (secondary N) is 1. The van der Waals surface area contributed by atoms with Crippen LogP contribution in [0.5, 0.6) is 0 Å². The Balaban J connectivity index is 2.24. The first-order chi connectivity index (χ1) is 13.1. The van der Waals surface area contributed by atoms with Crippen LogP contribution in [0.25, 0.3) is 0 Å². The average molecular weight is 431 g/mol. The van der Waals surface area contributed by atoms with Crippen LogP contribution < -0.4 is 5.32 Å². The predicted molar refractivity (Wildman–Crippen MR) is 110 cm³/mol. The Labute approximate surface area is 176 Å². The fraction of sp³-hybridized carbons (Fsp3) is 0.600. The number of hydrogen-bond donors (Lipinski definition) is 1. The van der Waals surface area contributed by atoms with Crippen molar-refractivity contribution in [2.24, 2.45) is 0 Å². The Bertz CT molecular complexity index is 706. The smallest absolute Gasteiger partial charge is 0.410 e. The fourth-order valence-corrected chi connectivity index (χ4v) is 3.41. The zero-order valence-corrected chi connectivity index (χ0v) is 18.3. The van der Waals surface area contributed by atoms with Gasteiger partial charge in [0.25, 0.3) is 0 Å². The van der Waals surface area contributed by atoms with Crippen molar-refractivity contribution in [3.05, 3.63) is 33.8 Å². The molecule has 156 valence electrons. The molecule has 2 amide bonds. The van der Waals surface area contributed by atoms with Crippen molar-refractivity contribution < 1.29 is 19.1 Å². The van der Waals surface area contributed by atoms with Crippen LogP contribution in [-0.2, 0) is 14.3 Å². The van der Waals surface area contributed by atoms with E-state index in [1.807, 2.05) is 32.9 Å². The molecule has 0 aliphatic carbocycles. The molecule has 2 unspecified atom stereocenters. The molecule has 1 N–H and O–H groups in total. The molecule has 0 aromatic heterocycles. The second-order valence-corrected chi connectivity index (χ2v) is 8.70. The van der Waals surface area contributed by atoms with Crippen LogP contribution in [0.3, 0.4) is 0 Å². The summed E-state index contributed by atoms with van der Waals surface area (Å²) in [6.45, 7) is 8.74. The van der Waals surface area contributed by atoms with Crippen LogP contribution >= 0.6 is 23.2 Å². The topological polar surface area (TPSA) is 67.9 Å². The summed E-state index contributed by atoms with van der Waals surface area (Å²) in [4.78, 5) is 25.5. The monoisotopic (exact) mass is 430 g/mol. The first kappa shape index (κ1) is 22.8. The van der Waals surface area contributed by atoms with Gasteiger partial charge in [-0.3, -0.25) is 4.79 Å². The summed E-state index contributed by atoms with van der Waals surface area (Å²) in [6, 6.07) is 5.45. The number of halogens is 2.